The summed E-state index contributed by atoms with van der Waals surface area (Å²) in [5.74, 6) is 0.827. The molecular weight excluding hydrogens is 446 g/mol. The summed E-state index contributed by atoms with van der Waals surface area (Å²) < 4.78 is 12.7. The number of nitrogens with zero attached hydrogens (tertiary/aromatic N) is 1. The van der Waals surface area contributed by atoms with Crippen LogP contribution in [-0.2, 0) is 22.6 Å². The van der Waals surface area contributed by atoms with Crippen molar-refractivity contribution in [3.8, 4) is 5.75 Å². The molecule has 1 atom stereocenters. The van der Waals surface area contributed by atoms with Crippen molar-refractivity contribution in [2.24, 2.45) is 0 Å². The van der Waals surface area contributed by atoms with Crippen molar-refractivity contribution in [3.63, 3.8) is 0 Å². The van der Waals surface area contributed by atoms with Crippen LogP contribution in [0.2, 0.25) is 0 Å². The number of carbonyl (C=O) groups is 1. The average molecular weight is 466 g/mol. The Balaban J connectivity index is 1.71. The Morgan fingerprint density at radius 1 is 1.22 bits per heavy atom. The number of ether oxygens (including phenoxy) is 2. The van der Waals surface area contributed by atoms with Crippen LogP contribution in [0.3, 0.4) is 0 Å². The Labute approximate surface area is 177 Å². The largest absolute Gasteiger partial charge is 0.489 e. The maximum atomic E-state index is 12.7. The summed E-state index contributed by atoms with van der Waals surface area (Å²) in [6.45, 7) is 1.45. The fourth-order valence-electron chi connectivity index (χ4n) is 2.80. The monoisotopic (exact) mass is 465 g/mol. The van der Waals surface area contributed by atoms with Crippen molar-refractivity contribution in [3.05, 3.63) is 64.1 Å². The van der Waals surface area contributed by atoms with E-state index in [0.29, 0.717) is 30.5 Å². The first kappa shape index (κ1) is 20.3. The van der Waals surface area contributed by atoms with Crippen LogP contribution < -0.4 is 4.74 Å². The lowest BCUT2D eigenvalue weighted by Crippen LogP contribution is -2.34. The van der Waals surface area contributed by atoms with Gasteiger partial charge in [-0.1, -0.05) is 70.2 Å². The van der Waals surface area contributed by atoms with E-state index >= 15 is 0 Å². The van der Waals surface area contributed by atoms with Crippen LogP contribution in [0.4, 0.5) is 0 Å². The quantitative estimate of drug-likeness (QED) is 0.538. The maximum absolute atomic E-state index is 12.7. The van der Waals surface area contributed by atoms with Gasteiger partial charge in [-0.25, -0.2) is 0 Å². The molecule has 0 unspecified atom stereocenters. The zero-order valence-electron chi connectivity index (χ0n) is 14.9. The molecule has 0 radical (unpaired) electrons. The highest BCUT2D eigenvalue weighted by atomic mass is 79.9. The van der Waals surface area contributed by atoms with Crippen LogP contribution >= 0.6 is 39.9 Å². The predicted molar refractivity (Wildman–Crippen MR) is 116 cm³/mol. The van der Waals surface area contributed by atoms with Gasteiger partial charge in [0.1, 0.15) is 16.7 Å². The Morgan fingerprint density at radius 2 is 2.00 bits per heavy atom. The molecule has 1 amide bonds. The third-order valence-electron chi connectivity index (χ3n) is 4.19. The van der Waals surface area contributed by atoms with Crippen LogP contribution in [0, 0.1) is 0 Å². The number of methoxy groups -OCH3 is 1. The molecule has 2 aromatic carbocycles. The normalized spacial score (nSPS) is 16.8. The minimum absolute atomic E-state index is 0.0380. The van der Waals surface area contributed by atoms with Crippen LogP contribution in [0.1, 0.15) is 11.1 Å². The van der Waals surface area contributed by atoms with Crippen LogP contribution in [0.15, 0.2) is 53.0 Å². The van der Waals surface area contributed by atoms with Gasteiger partial charge in [0, 0.05) is 11.6 Å². The number of hydrogen-bond donors (Lipinski definition) is 0. The molecule has 1 saturated heterocycles. The number of halogens is 1. The second-order valence-corrected chi connectivity index (χ2v) is 8.84. The Morgan fingerprint density at radius 3 is 2.74 bits per heavy atom. The van der Waals surface area contributed by atoms with E-state index in [4.69, 9.17) is 21.7 Å². The summed E-state index contributed by atoms with van der Waals surface area (Å²) in [4.78, 5) is 14.3. The molecule has 0 N–H and O–H groups in total. The molecule has 7 heteroatoms. The fourth-order valence-corrected chi connectivity index (χ4v) is 4.78. The van der Waals surface area contributed by atoms with E-state index < -0.39 is 0 Å². The van der Waals surface area contributed by atoms with E-state index in [9.17, 15) is 4.79 Å². The minimum atomic E-state index is -0.234. The van der Waals surface area contributed by atoms with Gasteiger partial charge in [0.25, 0.3) is 0 Å². The molecule has 1 fully saturated rings. The van der Waals surface area contributed by atoms with Crippen molar-refractivity contribution in [1.82, 2.24) is 4.90 Å². The standard InChI is InChI=1S/C20H20BrNO3S2/c1-24-10-9-22-19(23)18(27-20(22)26)12-15-11-16(21)7-8-17(15)25-13-14-5-3-2-4-6-14/h2-8,11,18H,9-10,12-13H2,1H3/t18-/m0/s1. The zero-order chi connectivity index (χ0) is 19.2. The molecular formula is C20H20BrNO3S2. The second-order valence-electron chi connectivity index (χ2n) is 6.09. The number of rotatable bonds is 8. The molecule has 0 saturated carbocycles. The third-order valence-corrected chi connectivity index (χ3v) is 6.27. The molecule has 27 heavy (non-hydrogen) atoms. The first-order valence-corrected chi connectivity index (χ1v) is 10.6. The summed E-state index contributed by atoms with van der Waals surface area (Å²) in [5.41, 5.74) is 2.09. The van der Waals surface area contributed by atoms with Crippen LogP contribution in [0.5, 0.6) is 5.75 Å². The van der Waals surface area contributed by atoms with E-state index in [-0.39, 0.29) is 11.2 Å². The number of carbonyl (C=O) groups excluding carboxylic acids is 1. The van der Waals surface area contributed by atoms with Crippen LogP contribution in [0.25, 0.3) is 0 Å². The van der Waals surface area contributed by atoms with Gasteiger partial charge in [-0.15, -0.1) is 0 Å². The molecule has 1 aliphatic rings. The molecule has 4 nitrogen and oxygen atoms in total. The zero-order valence-corrected chi connectivity index (χ0v) is 18.1. The fraction of sp³-hybridized carbons (Fsp3) is 0.300. The number of hydrogen-bond acceptors (Lipinski definition) is 5. The summed E-state index contributed by atoms with van der Waals surface area (Å²) in [6, 6.07) is 15.9. The summed E-state index contributed by atoms with van der Waals surface area (Å²) >= 11 is 10.3. The first-order valence-electron chi connectivity index (χ1n) is 8.54. The number of amides is 1. The molecule has 0 bridgehead atoms. The highest BCUT2D eigenvalue weighted by molar-refractivity contribution is 9.10. The van der Waals surface area contributed by atoms with E-state index in [0.717, 1.165) is 21.3 Å². The molecule has 0 aromatic heterocycles. The summed E-state index contributed by atoms with van der Waals surface area (Å²) in [6.07, 6.45) is 0.566. The van der Waals surface area contributed by atoms with Gasteiger partial charge >= 0.3 is 0 Å². The van der Waals surface area contributed by atoms with E-state index in [2.05, 4.69) is 15.9 Å². The van der Waals surface area contributed by atoms with E-state index in [1.807, 2.05) is 48.5 Å². The lowest BCUT2D eigenvalue weighted by molar-refractivity contribution is -0.126. The Hall–Kier alpha value is -1.41. The SMILES string of the molecule is COCCN1C(=O)[C@H](Cc2cc(Br)ccc2OCc2ccccc2)SC1=S. The van der Waals surface area contributed by atoms with Gasteiger partial charge < -0.3 is 9.47 Å². The molecule has 142 valence electrons. The summed E-state index contributed by atoms with van der Waals surface area (Å²) in [7, 11) is 1.62. The predicted octanol–water partition coefficient (Wildman–Crippen LogP) is 4.45. The molecule has 2 aromatic rings. The van der Waals surface area contributed by atoms with Crippen LogP contribution in [-0.4, -0.2) is 40.6 Å². The minimum Gasteiger partial charge on any atom is -0.489 e. The topological polar surface area (TPSA) is 38.8 Å². The van der Waals surface area contributed by atoms with Gasteiger partial charge in [-0.3, -0.25) is 9.69 Å². The molecule has 1 aliphatic heterocycles. The molecule has 0 spiro atoms. The Bertz CT molecular complexity index is 816. The highest BCUT2D eigenvalue weighted by Gasteiger charge is 2.37. The van der Waals surface area contributed by atoms with E-state index in [1.165, 1.54) is 11.8 Å². The average Bonchev–Trinajstić information content (AvgIpc) is 2.93. The smallest absolute Gasteiger partial charge is 0.242 e. The van der Waals surface area contributed by atoms with Gasteiger partial charge in [-0.05, 0) is 35.7 Å². The second kappa shape index (κ2) is 9.68. The molecule has 0 aliphatic carbocycles. The van der Waals surface area contributed by atoms with Gasteiger partial charge in [0.05, 0.1) is 18.4 Å². The van der Waals surface area contributed by atoms with Crippen molar-refractivity contribution in [1.29, 1.82) is 0 Å². The third kappa shape index (κ3) is 5.31. The van der Waals surface area contributed by atoms with Gasteiger partial charge in [0.2, 0.25) is 5.91 Å². The lowest BCUT2D eigenvalue weighted by atomic mass is 10.1. The maximum Gasteiger partial charge on any atom is 0.242 e. The number of benzene rings is 2. The number of thiocarbonyl (C=S) groups is 1. The van der Waals surface area contributed by atoms with E-state index in [1.54, 1.807) is 12.0 Å². The van der Waals surface area contributed by atoms with Crippen molar-refractivity contribution >= 4 is 50.1 Å². The highest BCUT2D eigenvalue weighted by Crippen LogP contribution is 2.33. The molecule has 1 heterocycles. The lowest BCUT2D eigenvalue weighted by Gasteiger charge is -2.16. The summed E-state index contributed by atoms with van der Waals surface area (Å²) in [5, 5.41) is -0.234. The van der Waals surface area contributed by atoms with Crippen molar-refractivity contribution in [2.75, 3.05) is 20.3 Å². The first-order chi connectivity index (χ1) is 13.1. The number of thioether (sulfide) groups is 1. The Kier molecular flexibility index (Phi) is 7.29. The van der Waals surface area contributed by atoms with Gasteiger partial charge in [-0.2, -0.15) is 0 Å². The van der Waals surface area contributed by atoms with Crippen molar-refractivity contribution in [2.45, 2.75) is 18.3 Å². The van der Waals surface area contributed by atoms with Crippen molar-refractivity contribution < 1.29 is 14.3 Å². The van der Waals surface area contributed by atoms with Gasteiger partial charge in [0.15, 0.2) is 0 Å². The molecule has 3 rings (SSSR count).